The number of likely N-dealkylation sites (tertiary alicyclic amines) is 1. The average molecular weight is 366 g/mol. The lowest BCUT2D eigenvalue weighted by Crippen LogP contribution is -2.38. The van der Waals surface area contributed by atoms with Crippen LogP contribution < -0.4 is 5.73 Å². The molecule has 2 amide bonds. The van der Waals surface area contributed by atoms with Crippen molar-refractivity contribution in [1.82, 2.24) is 4.90 Å². The molecule has 1 heterocycles. The molecule has 0 atom stereocenters. The maximum atomic E-state index is 12.8. The van der Waals surface area contributed by atoms with Gasteiger partial charge in [0.15, 0.2) is 7.05 Å². The monoisotopic (exact) mass is 366 g/mol. The van der Waals surface area contributed by atoms with Gasteiger partial charge in [0.2, 0.25) is 5.91 Å². The zero-order chi connectivity index (χ0) is 19.6. The molecule has 2 aromatic carbocycles. The van der Waals surface area contributed by atoms with E-state index in [1.807, 2.05) is 30.0 Å². The minimum absolute atomic E-state index is 0.0411. The molecule has 27 heavy (non-hydrogen) atoms. The Balaban J connectivity index is 1.66. The number of primary amides is 1. The van der Waals surface area contributed by atoms with Crippen LogP contribution in [0.5, 0.6) is 0 Å². The summed E-state index contributed by atoms with van der Waals surface area (Å²) in [5.41, 5.74) is 8.86. The maximum Gasteiger partial charge on any atom is 0.259 e. The van der Waals surface area contributed by atoms with Crippen LogP contribution in [0, 0.1) is 11.8 Å². The van der Waals surface area contributed by atoms with Gasteiger partial charge in [-0.2, -0.15) is 0 Å². The fourth-order valence-corrected chi connectivity index (χ4v) is 3.60. The molecule has 1 aliphatic heterocycles. The Bertz CT molecular complexity index is 882. The van der Waals surface area contributed by atoms with E-state index in [4.69, 9.17) is 5.73 Å². The number of nitroso groups, excluding NO2 is 1. The number of nitrogens with two attached hydrogens (primary N) is 1. The third kappa shape index (κ3) is 4.05. The van der Waals surface area contributed by atoms with E-state index >= 15 is 0 Å². The lowest BCUT2D eigenvalue weighted by molar-refractivity contribution is -0.428. The highest BCUT2D eigenvalue weighted by Gasteiger charge is 2.26. The number of carbonyl (C=O) groups excluding carboxylic acids is 2. The normalized spacial score (nSPS) is 14.8. The van der Waals surface area contributed by atoms with Crippen LogP contribution in [0.4, 0.5) is 5.69 Å². The van der Waals surface area contributed by atoms with Crippen LogP contribution in [0.25, 0.3) is 0 Å². The average Bonchev–Trinajstić information content (AvgIpc) is 2.68. The van der Waals surface area contributed by atoms with Gasteiger partial charge in [-0.05, 0) is 49.4 Å². The van der Waals surface area contributed by atoms with Crippen LogP contribution in [-0.4, -0.2) is 41.6 Å². The fraction of sp³-hybridized carbons (Fsp3) is 0.333. The van der Waals surface area contributed by atoms with Crippen LogP contribution >= 0.6 is 0 Å². The van der Waals surface area contributed by atoms with Gasteiger partial charge in [0.1, 0.15) is 0 Å². The number of aryl methyl sites for hydroxylation is 1. The van der Waals surface area contributed by atoms with E-state index in [0.717, 1.165) is 28.7 Å². The van der Waals surface area contributed by atoms with E-state index < -0.39 is 5.91 Å². The summed E-state index contributed by atoms with van der Waals surface area (Å²) in [6.45, 7) is 3.18. The number of hydrogen-bond acceptors (Lipinski definition) is 3. The molecule has 0 aliphatic carbocycles. The Morgan fingerprint density at radius 1 is 1.04 bits per heavy atom. The van der Waals surface area contributed by atoms with Gasteiger partial charge in [0.05, 0.1) is 0 Å². The predicted octanol–water partition coefficient (Wildman–Crippen LogP) is 3.15. The first-order chi connectivity index (χ1) is 12.9. The Morgan fingerprint density at radius 3 is 2.19 bits per heavy atom. The summed E-state index contributed by atoms with van der Waals surface area (Å²) in [5.74, 6) is -0.110. The summed E-state index contributed by atoms with van der Waals surface area (Å²) < 4.78 is 0.786. The standard InChI is InChI=1S/C21H23N3O3/c1-14-3-4-18(13-19(14)23(2)27)21(26)24-11-9-16(10-12-24)15-5-7-17(8-6-15)20(22)25/h3-8,13,16H,9-12H2,1-2H3,(H-,22,25)/p+1. The first-order valence-electron chi connectivity index (χ1n) is 9.07. The molecule has 6 heteroatoms. The largest absolute Gasteiger partial charge is 0.366 e. The lowest BCUT2D eigenvalue weighted by atomic mass is 9.88. The second-order valence-electron chi connectivity index (χ2n) is 7.05. The second kappa shape index (κ2) is 7.70. The first-order valence-corrected chi connectivity index (χ1v) is 9.07. The van der Waals surface area contributed by atoms with Crippen LogP contribution in [0.2, 0.25) is 0 Å². The fourth-order valence-electron chi connectivity index (χ4n) is 3.60. The smallest absolute Gasteiger partial charge is 0.259 e. The molecule has 0 aromatic heterocycles. The van der Waals surface area contributed by atoms with Gasteiger partial charge in [-0.25, -0.2) is 0 Å². The number of piperidine rings is 1. The van der Waals surface area contributed by atoms with Crippen LogP contribution in [0.3, 0.4) is 0 Å². The molecule has 0 saturated carbocycles. The van der Waals surface area contributed by atoms with Crippen molar-refractivity contribution in [3.8, 4) is 0 Å². The molecule has 2 aromatic rings. The van der Waals surface area contributed by atoms with E-state index in [1.54, 1.807) is 24.3 Å². The van der Waals surface area contributed by atoms with Crippen molar-refractivity contribution < 1.29 is 14.3 Å². The second-order valence-corrected chi connectivity index (χ2v) is 7.05. The van der Waals surface area contributed by atoms with Gasteiger partial charge in [0.25, 0.3) is 11.6 Å². The van der Waals surface area contributed by atoms with E-state index in [0.29, 0.717) is 35.8 Å². The van der Waals surface area contributed by atoms with Gasteiger partial charge < -0.3 is 10.6 Å². The molecule has 1 aliphatic rings. The first kappa shape index (κ1) is 18.8. The maximum absolute atomic E-state index is 12.8. The number of hydrogen-bond donors (Lipinski definition) is 1. The van der Waals surface area contributed by atoms with Gasteiger partial charge >= 0.3 is 0 Å². The minimum Gasteiger partial charge on any atom is -0.366 e. The molecule has 1 fully saturated rings. The van der Waals surface area contributed by atoms with E-state index in [1.165, 1.54) is 7.05 Å². The van der Waals surface area contributed by atoms with Crippen molar-refractivity contribution >= 4 is 17.5 Å². The van der Waals surface area contributed by atoms with Gasteiger partial charge in [-0.15, -0.1) is 0 Å². The molecule has 6 nitrogen and oxygen atoms in total. The number of amides is 2. The van der Waals surface area contributed by atoms with Crippen molar-refractivity contribution in [3.05, 3.63) is 69.6 Å². The minimum atomic E-state index is -0.428. The van der Waals surface area contributed by atoms with Gasteiger partial charge in [0, 0.05) is 45.5 Å². The van der Waals surface area contributed by atoms with Crippen molar-refractivity contribution in [2.45, 2.75) is 25.7 Å². The Hall–Kier alpha value is -3.02. The Labute approximate surface area is 158 Å². The molecular weight excluding hydrogens is 342 g/mol. The van der Waals surface area contributed by atoms with Crippen molar-refractivity contribution in [2.24, 2.45) is 5.73 Å². The molecule has 0 radical (unpaired) electrons. The third-order valence-electron chi connectivity index (χ3n) is 5.24. The molecule has 1 saturated heterocycles. The molecule has 0 bridgehead atoms. The summed E-state index contributed by atoms with van der Waals surface area (Å²) in [4.78, 5) is 37.5. The highest BCUT2D eigenvalue weighted by Crippen LogP contribution is 2.29. The topological polar surface area (TPSA) is 83.5 Å². The summed E-state index contributed by atoms with van der Waals surface area (Å²) in [7, 11) is 1.44. The number of carbonyl (C=O) groups is 2. The summed E-state index contributed by atoms with van der Waals surface area (Å²) in [5, 5.41) is 0. The molecule has 3 rings (SSSR count). The zero-order valence-corrected chi connectivity index (χ0v) is 15.6. The Morgan fingerprint density at radius 2 is 1.63 bits per heavy atom. The number of rotatable bonds is 4. The van der Waals surface area contributed by atoms with E-state index in [-0.39, 0.29) is 5.91 Å². The summed E-state index contributed by atoms with van der Waals surface area (Å²) in [6, 6.07) is 12.6. The van der Waals surface area contributed by atoms with Gasteiger partial charge in [-0.3, -0.25) is 9.59 Å². The van der Waals surface area contributed by atoms with E-state index in [2.05, 4.69) is 0 Å². The highest BCUT2D eigenvalue weighted by molar-refractivity contribution is 5.95. The number of benzene rings is 2. The highest BCUT2D eigenvalue weighted by atomic mass is 16.3. The molecule has 140 valence electrons. The predicted molar refractivity (Wildman–Crippen MR) is 103 cm³/mol. The third-order valence-corrected chi connectivity index (χ3v) is 5.24. The van der Waals surface area contributed by atoms with Crippen LogP contribution in [-0.2, 0) is 0 Å². The van der Waals surface area contributed by atoms with Crippen molar-refractivity contribution in [3.63, 3.8) is 0 Å². The van der Waals surface area contributed by atoms with Crippen LogP contribution in [0.1, 0.15) is 50.6 Å². The molecule has 0 spiro atoms. The quantitative estimate of drug-likeness (QED) is 0.844. The Kier molecular flexibility index (Phi) is 5.35. The molecule has 0 unspecified atom stereocenters. The summed E-state index contributed by atoms with van der Waals surface area (Å²) in [6.07, 6.45) is 1.73. The summed E-state index contributed by atoms with van der Waals surface area (Å²) >= 11 is 0. The molecule has 2 N–H and O–H groups in total. The van der Waals surface area contributed by atoms with Crippen LogP contribution in [0.15, 0.2) is 42.5 Å². The SMILES string of the molecule is Cc1ccc(C(=O)N2CCC(c3ccc(C(N)=O)cc3)CC2)cc1[N+](C)=O. The lowest BCUT2D eigenvalue weighted by Gasteiger charge is -2.32. The molecular formula is C21H24N3O3+. The van der Waals surface area contributed by atoms with Crippen molar-refractivity contribution in [1.29, 1.82) is 0 Å². The van der Waals surface area contributed by atoms with Gasteiger partial charge in [-0.1, -0.05) is 18.2 Å². The van der Waals surface area contributed by atoms with Crippen molar-refractivity contribution in [2.75, 3.05) is 20.1 Å². The zero-order valence-electron chi connectivity index (χ0n) is 15.6. The van der Waals surface area contributed by atoms with E-state index in [9.17, 15) is 14.5 Å². The number of nitrogens with zero attached hydrogens (tertiary/aromatic N) is 2.